The van der Waals surface area contributed by atoms with Crippen molar-refractivity contribution in [3.63, 3.8) is 0 Å². The van der Waals surface area contributed by atoms with E-state index in [1.165, 1.54) is 6.08 Å². The lowest BCUT2D eigenvalue weighted by molar-refractivity contribution is 0.406. The first-order valence-electron chi connectivity index (χ1n) is 4.53. The first kappa shape index (κ1) is 10.1. The Kier molecular flexibility index (Phi) is 2.80. The largest absolute Gasteiger partial charge is 0.496 e. The smallest absolute Gasteiger partial charge is 0.242 e. The van der Waals surface area contributed by atoms with Crippen molar-refractivity contribution in [1.29, 1.82) is 0 Å². The molecule has 0 saturated heterocycles. The predicted molar refractivity (Wildman–Crippen MR) is 56.3 cm³/mol. The van der Waals surface area contributed by atoms with Gasteiger partial charge in [0.15, 0.2) is 5.76 Å². The molecule has 2 rings (SSSR count). The molecule has 0 aliphatic carbocycles. The van der Waals surface area contributed by atoms with Gasteiger partial charge in [0, 0.05) is 6.07 Å². The molecule has 0 radical (unpaired) electrons. The van der Waals surface area contributed by atoms with E-state index in [-0.39, 0.29) is 5.82 Å². The van der Waals surface area contributed by atoms with E-state index in [1.807, 2.05) is 18.2 Å². The minimum absolute atomic E-state index is 0.191. The van der Waals surface area contributed by atoms with Crippen molar-refractivity contribution in [1.82, 2.24) is 5.16 Å². The molecule has 0 atom stereocenters. The summed E-state index contributed by atoms with van der Waals surface area (Å²) in [7, 11) is 1.57. The molecule has 2 aromatic rings. The topological polar surface area (TPSA) is 64.7 Å². The number of rotatable bonds is 3. The Morgan fingerprint density at radius 2 is 2.25 bits per heavy atom. The second-order valence-corrected chi connectivity index (χ2v) is 2.95. The highest BCUT2D eigenvalue weighted by Crippen LogP contribution is 2.31. The zero-order chi connectivity index (χ0) is 11.4. The van der Waals surface area contributed by atoms with E-state index >= 15 is 0 Å². The molecular formula is C11H8N2O3. The normalized spacial score (nSPS) is 9.56. The van der Waals surface area contributed by atoms with Crippen LogP contribution in [0.5, 0.6) is 5.75 Å². The number of nitrogens with zero attached hydrogens (tertiary/aromatic N) is 2. The van der Waals surface area contributed by atoms with E-state index in [1.54, 1.807) is 19.2 Å². The summed E-state index contributed by atoms with van der Waals surface area (Å²) in [5.74, 6) is 1.35. The highest BCUT2D eigenvalue weighted by Gasteiger charge is 2.10. The van der Waals surface area contributed by atoms with E-state index in [4.69, 9.17) is 9.26 Å². The van der Waals surface area contributed by atoms with Crippen molar-refractivity contribution < 1.29 is 14.1 Å². The Bertz CT molecular complexity index is 542. The van der Waals surface area contributed by atoms with Crippen LogP contribution in [0, 0.1) is 0 Å². The zero-order valence-electron chi connectivity index (χ0n) is 8.51. The van der Waals surface area contributed by atoms with Crippen LogP contribution in [0.1, 0.15) is 0 Å². The summed E-state index contributed by atoms with van der Waals surface area (Å²) in [5, 5.41) is 3.60. The molecule has 5 nitrogen and oxygen atoms in total. The molecule has 0 spiro atoms. The van der Waals surface area contributed by atoms with Gasteiger partial charge in [0.05, 0.1) is 12.7 Å². The lowest BCUT2D eigenvalue weighted by atomic mass is 10.1. The summed E-state index contributed by atoms with van der Waals surface area (Å²) in [6.45, 7) is 0. The number of aromatic nitrogens is 1. The monoisotopic (exact) mass is 216 g/mol. The Hall–Kier alpha value is -2.39. The van der Waals surface area contributed by atoms with Gasteiger partial charge in [-0.1, -0.05) is 17.3 Å². The van der Waals surface area contributed by atoms with Gasteiger partial charge >= 0.3 is 0 Å². The van der Waals surface area contributed by atoms with Gasteiger partial charge in [-0.05, 0) is 12.1 Å². The molecule has 0 bridgehead atoms. The second-order valence-electron chi connectivity index (χ2n) is 2.95. The molecule has 1 aromatic heterocycles. The lowest BCUT2D eigenvalue weighted by Gasteiger charge is -2.03. The molecule has 0 aliphatic heterocycles. The number of methoxy groups -OCH3 is 1. The van der Waals surface area contributed by atoms with Crippen molar-refractivity contribution in [2.75, 3.05) is 7.11 Å². The van der Waals surface area contributed by atoms with E-state index in [0.717, 1.165) is 5.56 Å². The maximum absolute atomic E-state index is 10.0. The van der Waals surface area contributed by atoms with Crippen molar-refractivity contribution in [3.05, 3.63) is 30.3 Å². The summed E-state index contributed by atoms with van der Waals surface area (Å²) in [6, 6.07) is 8.88. The number of isocyanates is 1. The van der Waals surface area contributed by atoms with E-state index in [0.29, 0.717) is 11.5 Å². The Morgan fingerprint density at radius 1 is 1.44 bits per heavy atom. The van der Waals surface area contributed by atoms with Gasteiger partial charge in [0.25, 0.3) is 0 Å². The van der Waals surface area contributed by atoms with Gasteiger partial charge in [0.2, 0.25) is 11.9 Å². The molecular weight excluding hydrogens is 208 g/mol. The summed E-state index contributed by atoms with van der Waals surface area (Å²) in [4.78, 5) is 13.4. The minimum Gasteiger partial charge on any atom is -0.496 e. The average molecular weight is 216 g/mol. The lowest BCUT2D eigenvalue weighted by Crippen LogP contribution is -1.85. The fourth-order valence-electron chi connectivity index (χ4n) is 1.34. The van der Waals surface area contributed by atoms with Crippen molar-refractivity contribution in [2.24, 2.45) is 4.99 Å². The summed E-state index contributed by atoms with van der Waals surface area (Å²) < 4.78 is 10.2. The van der Waals surface area contributed by atoms with Crippen LogP contribution in [0.4, 0.5) is 5.82 Å². The highest BCUT2D eigenvalue weighted by atomic mass is 16.5. The Morgan fingerprint density at radius 3 is 3.00 bits per heavy atom. The van der Waals surface area contributed by atoms with E-state index in [9.17, 15) is 4.79 Å². The fourth-order valence-corrected chi connectivity index (χ4v) is 1.34. The van der Waals surface area contributed by atoms with E-state index in [2.05, 4.69) is 10.1 Å². The van der Waals surface area contributed by atoms with Crippen LogP contribution in [-0.2, 0) is 4.79 Å². The van der Waals surface area contributed by atoms with Crippen LogP contribution in [0.25, 0.3) is 11.3 Å². The standard InChI is InChI=1S/C11H8N2O3/c1-15-9-5-3-2-4-8(9)10-6-11(12-7-14)13-16-10/h2-6H,1H3. The van der Waals surface area contributed by atoms with Crippen LogP contribution in [0.15, 0.2) is 39.8 Å². The third kappa shape index (κ3) is 1.85. The number of hydrogen-bond donors (Lipinski definition) is 0. The third-order valence-electron chi connectivity index (χ3n) is 2.03. The molecule has 1 heterocycles. The Balaban J connectivity index is 2.45. The molecule has 0 amide bonds. The summed E-state index contributed by atoms with van der Waals surface area (Å²) >= 11 is 0. The number of hydrogen-bond acceptors (Lipinski definition) is 5. The van der Waals surface area contributed by atoms with E-state index < -0.39 is 0 Å². The van der Waals surface area contributed by atoms with Crippen LogP contribution in [0.2, 0.25) is 0 Å². The van der Waals surface area contributed by atoms with Gasteiger partial charge in [-0.3, -0.25) is 0 Å². The average Bonchev–Trinajstić information content (AvgIpc) is 2.78. The first-order chi connectivity index (χ1) is 7.85. The molecule has 0 N–H and O–H groups in total. The molecule has 0 saturated carbocycles. The van der Waals surface area contributed by atoms with Gasteiger partial charge in [-0.2, -0.15) is 0 Å². The minimum atomic E-state index is 0.191. The van der Waals surface area contributed by atoms with Crippen molar-refractivity contribution in [3.8, 4) is 17.1 Å². The quantitative estimate of drug-likeness (QED) is 0.583. The molecule has 80 valence electrons. The maximum Gasteiger partial charge on any atom is 0.242 e. The zero-order valence-corrected chi connectivity index (χ0v) is 8.51. The number of aliphatic imine (C=N–C) groups is 1. The summed E-state index contributed by atoms with van der Waals surface area (Å²) in [6.07, 6.45) is 1.40. The molecule has 16 heavy (non-hydrogen) atoms. The maximum atomic E-state index is 10.0. The number of ether oxygens (including phenoxy) is 1. The van der Waals surface area contributed by atoms with Gasteiger partial charge in [-0.15, -0.1) is 4.99 Å². The first-order valence-corrected chi connectivity index (χ1v) is 4.53. The molecule has 5 heteroatoms. The Labute approximate surface area is 91.4 Å². The molecule has 1 aromatic carbocycles. The molecule has 0 fully saturated rings. The number of para-hydroxylation sites is 1. The highest BCUT2D eigenvalue weighted by molar-refractivity contribution is 5.67. The van der Waals surface area contributed by atoms with Crippen molar-refractivity contribution in [2.45, 2.75) is 0 Å². The molecule has 0 aliphatic rings. The molecule has 0 unspecified atom stereocenters. The van der Waals surface area contributed by atoms with Crippen LogP contribution < -0.4 is 4.74 Å². The van der Waals surface area contributed by atoms with Gasteiger partial charge < -0.3 is 9.26 Å². The van der Waals surface area contributed by atoms with Crippen LogP contribution >= 0.6 is 0 Å². The number of carbonyl (C=O) groups excluding carboxylic acids is 1. The van der Waals surface area contributed by atoms with Gasteiger partial charge in [-0.25, -0.2) is 4.79 Å². The third-order valence-corrected chi connectivity index (χ3v) is 2.03. The fraction of sp³-hybridized carbons (Fsp3) is 0.0909. The summed E-state index contributed by atoms with van der Waals surface area (Å²) in [5.41, 5.74) is 0.754. The predicted octanol–water partition coefficient (Wildman–Crippen LogP) is 2.32. The van der Waals surface area contributed by atoms with Crippen molar-refractivity contribution >= 4 is 11.9 Å². The van der Waals surface area contributed by atoms with Gasteiger partial charge in [0.1, 0.15) is 5.75 Å². The van der Waals surface area contributed by atoms with Crippen LogP contribution in [0.3, 0.4) is 0 Å². The van der Waals surface area contributed by atoms with Crippen LogP contribution in [-0.4, -0.2) is 18.3 Å². The second kappa shape index (κ2) is 4.42. The number of benzene rings is 1. The SMILES string of the molecule is COc1ccccc1-c1cc(N=C=O)no1.